The second kappa shape index (κ2) is 12.6. The monoisotopic (exact) mass is 587 g/mol. The molecule has 1 N–H and O–H groups in total. The van der Waals surface area contributed by atoms with Crippen molar-refractivity contribution in [3.8, 4) is 11.5 Å². The predicted molar refractivity (Wildman–Crippen MR) is 161 cm³/mol. The Kier molecular flexibility index (Phi) is 8.70. The van der Waals surface area contributed by atoms with Gasteiger partial charge in [-0.15, -0.1) is 10.2 Å². The summed E-state index contributed by atoms with van der Waals surface area (Å²) in [7, 11) is 1.54. The molecule has 1 aliphatic heterocycles. The molecule has 0 aliphatic carbocycles. The second-order valence-electron chi connectivity index (χ2n) is 9.44. The molecule has 41 heavy (non-hydrogen) atoms. The molecule has 1 fully saturated rings. The van der Waals surface area contributed by atoms with Gasteiger partial charge in [-0.3, -0.25) is 14.5 Å². The van der Waals surface area contributed by atoms with E-state index in [0.717, 1.165) is 12.0 Å². The van der Waals surface area contributed by atoms with E-state index in [0.29, 0.717) is 39.3 Å². The van der Waals surface area contributed by atoms with Gasteiger partial charge in [-0.1, -0.05) is 72.0 Å². The van der Waals surface area contributed by atoms with E-state index in [1.807, 2.05) is 13.8 Å². The van der Waals surface area contributed by atoms with E-state index < -0.39 is 17.7 Å². The molecule has 3 aromatic carbocycles. The Labute approximate surface area is 246 Å². The largest absolute Gasteiger partial charge is 0.507 e. The number of carbonyl (C=O) groups is 2. The number of aromatic nitrogens is 2. The molecule has 1 atom stereocenters. The molecule has 0 saturated carbocycles. The lowest BCUT2D eigenvalue weighted by Gasteiger charge is -2.23. The van der Waals surface area contributed by atoms with Crippen molar-refractivity contribution in [2.24, 2.45) is 0 Å². The molecule has 0 spiro atoms. The Bertz CT molecular complexity index is 1580. The van der Waals surface area contributed by atoms with Crippen molar-refractivity contribution >= 4 is 45.7 Å². The number of aliphatic hydroxyl groups excluding tert-OH is 1. The smallest absolute Gasteiger partial charge is 0.301 e. The summed E-state index contributed by atoms with van der Waals surface area (Å²) >= 11 is 2.73. The highest BCUT2D eigenvalue weighted by molar-refractivity contribution is 8.00. The van der Waals surface area contributed by atoms with Gasteiger partial charge in [0.1, 0.15) is 17.3 Å². The SMILES string of the molecule is CCCOc1ccc(/C(O)=C2/C(=O)C(=O)N(c3nnc(SCc4ccc(C)cc4)s3)C2c2cccc(OC)c2)cc1. The van der Waals surface area contributed by atoms with Gasteiger partial charge in [0.25, 0.3) is 5.78 Å². The van der Waals surface area contributed by atoms with Crippen LogP contribution in [0, 0.1) is 6.92 Å². The van der Waals surface area contributed by atoms with Gasteiger partial charge >= 0.3 is 5.91 Å². The quantitative estimate of drug-likeness (QED) is 0.0732. The van der Waals surface area contributed by atoms with Gasteiger partial charge in [0.05, 0.1) is 25.3 Å². The van der Waals surface area contributed by atoms with Gasteiger partial charge in [-0.25, -0.2) is 0 Å². The van der Waals surface area contributed by atoms with E-state index in [2.05, 4.69) is 34.5 Å². The number of anilines is 1. The van der Waals surface area contributed by atoms with Crippen LogP contribution in [0.1, 0.15) is 41.6 Å². The Morgan fingerprint density at radius 2 is 1.78 bits per heavy atom. The molecule has 5 rings (SSSR count). The first-order valence-corrected chi connectivity index (χ1v) is 14.9. The number of ether oxygens (including phenoxy) is 2. The number of aliphatic hydroxyl groups is 1. The van der Waals surface area contributed by atoms with Gasteiger partial charge in [0.2, 0.25) is 5.13 Å². The minimum Gasteiger partial charge on any atom is -0.507 e. The van der Waals surface area contributed by atoms with Crippen molar-refractivity contribution in [3.63, 3.8) is 0 Å². The maximum absolute atomic E-state index is 13.5. The van der Waals surface area contributed by atoms with Crippen LogP contribution in [-0.2, 0) is 15.3 Å². The molecule has 4 aromatic rings. The molecule has 8 nitrogen and oxygen atoms in total. The number of nitrogens with zero attached hydrogens (tertiary/aromatic N) is 3. The van der Waals surface area contributed by atoms with Crippen molar-refractivity contribution in [3.05, 3.63) is 101 Å². The molecule has 1 aromatic heterocycles. The number of methoxy groups -OCH3 is 1. The first-order valence-electron chi connectivity index (χ1n) is 13.1. The number of ketones is 1. The molecule has 10 heteroatoms. The first kappa shape index (κ1) is 28.4. The molecule has 1 aliphatic rings. The molecule has 1 amide bonds. The Morgan fingerprint density at radius 3 is 2.49 bits per heavy atom. The summed E-state index contributed by atoms with van der Waals surface area (Å²) in [5.74, 6) is 0.0265. The van der Waals surface area contributed by atoms with Gasteiger partial charge < -0.3 is 14.6 Å². The Hall–Kier alpha value is -4.15. The summed E-state index contributed by atoms with van der Waals surface area (Å²) in [6, 6.07) is 21.2. The minimum absolute atomic E-state index is 0.0328. The fraction of sp³-hybridized carbons (Fsp3) is 0.226. The summed E-state index contributed by atoms with van der Waals surface area (Å²) in [6.45, 7) is 4.62. The number of hydrogen-bond donors (Lipinski definition) is 1. The van der Waals surface area contributed by atoms with Crippen LogP contribution >= 0.6 is 23.1 Å². The van der Waals surface area contributed by atoms with Crippen LogP contribution in [0.4, 0.5) is 5.13 Å². The van der Waals surface area contributed by atoms with E-state index >= 15 is 0 Å². The minimum atomic E-state index is -0.927. The fourth-order valence-electron chi connectivity index (χ4n) is 4.43. The molecule has 0 radical (unpaired) electrons. The molecule has 1 saturated heterocycles. The van der Waals surface area contributed by atoms with E-state index in [1.165, 1.54) is 33.6 Å². The number of amides is 1. The molecular formula is C31H29N3O5S2. The number of hydrogen-bond acceptors (Lipinski definition) is 9. The number of aryl methyl sites for hydroxylation is 1. The van der Waals surface area contributed by atoms with Gasteiger partial charge in [0, 0.05) is 11.3 Å². The highest BCUT2D eigenvalue weighted by atomic mass is 32.2. The summed E-state index contributed by atoms with van der Waals surface area (Å²) in [5.41, 5.74) is 3.28. The predicted octanol–water partition coefficient (Wildman–Crippen LogP) is 6.56. The van der Waals surface area contributed by atoms with Crippen molar-refractivity contribution < 1.29 is 24.2 Å². The lowest BCUT2D eigenvalue weighted by Crippen LogP contribution is -2.29. The van der Waals surface area contributed by atoms with Gasteiger partial charge in [-0.05, 0) is 60.9 Å². The van der Waals surface area contributed by atoms with Crippen LogP contribution in [0.3, 0.4) is 0 Å². The topological polar surface area (TPSA) is 102 Å². The van der Waals surface area contributed by atoms with Crippen molar-refractivity contribution in [1.29, 1.82) is 0 Å². The number of rotatable bonds is 10. The number of Topliss-reactive ketones (excluding diaryl/α,β-unsaturated/α-hetero) is 1. The zero-order valence-corrected chi connectivity index (χ0v) is 24.5. The van der Waals surface area contributed by atoms with E-state index in [1.54, 1.807) is 55.6 Å². The summed E-state index contributed by atoms with van der Waals surface area (Å²) in [5, 5.41) is 20.2. The van der Waals surface area contributed by atoms with Crippen LogP contribution in [0.2, 0.25) is 0 Å². The van der Waals surface area contributed by atoms with E-state index in [-0.39, 0.29) is 16.5 Å². The molecule has 210 valence electrons. The maximum Gasteiger partial charge on any atom is 0.301 e. The van der Waals surface area contributed by atoms with Crippen molar-refractivity contribution in [1.82, 2.24) is 10.2 Å². The summed E-state index contributed by atoms with van der Waals surface area (Å²) in [6.07, 6.45) is 0.865. The zero-order valence-electron chi connectivity index (χ0n) is 22.9. The van der Waals surface area contributed by atoms with Crippen LogP contribution in [-0.4, -0.2) is 40.7 Å². The van der Waals surface area contributed by atoms with Crippen molar-refractivity contribution in [2.75, 3.05) is 18.6 Å². The van der Waals surface area contributed by atoms with Gasteiger partial charge in [-0.2, -0.15) is 0 Å². The zero-order chi connectivity index (χ0) is 28.9. The summed E-state index contributed by atoms with van der Waals surface area (Å²) in [4.78, 5) is 28.3. The Balaban J connectivity index is 1.51. The highest BCUT2D eigenvalue weighted by Crippen LogP contribution is 2.44. The van der Waals surface area contributed by atoms with Crippen LogP contribution in [0.25, 0.3) is 5.76 Å². The average molecular weight is 588 g/mol. The fourth-order valence-corrected chi connectivity index (χ4v) is 6.25. The van der Waals surface area contributed by atoms with Crippen LogP contribution in [0.15, 0.2) is 82.7 Å². The van der Waals surface area contributed by atoms with E-state index in [9.17, 15) is 14.7 Å². The molecular weight excluding hydrogens is 558 g/mol. The highest BCUT2D eigenvalue weighted by Gasteiger charge is 2.48. The number of carbonyl (C=O) groups excluding carboxylic acids is 2. The lowest BCUT2D eigenvalue weighted by atomic mass is 9.95. The maximum atomic E-state index is 13.5. The van der Waals surface area contributed by atoms with Gasteiger partial charge in [0.15, 0.2) is 4.34 Å². The normalized spacial score (nSPS) is 16.3. The summed E-state index contributed by atoms with van der Waals surface area (Å²) < 4.78 is 11.7. The average Bonchev–Trinajstić information content (AvgIpc) is 3.57. The second-order valence-corrected chi connectivity index (χ2v) is 11.6. The van der Waals surface area contributed by atoms with E-state index in [4.69, 9.17) is 9.47 Å². The number of thioether (sulfide) groups is 1. The third kappa shape index (κ3) is 6.13. The third-order valence-corrected chi connectivity index (χ3v) is 8.67. The van der Waals surface area contributed by atoms with Crippen LogP contribution in [0.5, 0.6) is 11.5 Å². The molecule has 0 bridgehead atoms. The lowest BCUT2D eigenvalue weighted by molar-refractivity contribution is -0.132. The Morgan fingerprint density at radius 1 is 1.02 bits per heavy atom. The van der Waals surface area contributed by atoms with Crippen molar-refractivity contribution in [2.45, 2.75) is 36.4 Å². The molecule has 1 unspecified atom stereocenters. The molecule has 2 heterocycles. The third-order valence-electron chi connectivity index (χ3n) is 6.54. The first-order chi connectivity index (χ1) is 19.9. The van der Waals surface area contributed by atoms with Crippen LogP contribution < -0.4 is 14.4 Å². The number of benzene rings is 3. The standard InChI is InChI=1S/C31H29N3O5S2/c1-4-16-39-23-14-12-21(13-15-23)27(35)25-26(22-6-5-7-24(17-22)38-3)34(29(37)28(25)36)30-32-33-31(41-30)40-18-20-10-8-19(2)9-11-20/h5-15,17,26,35H,4,16,18H2,1-3H3/b27-25-.